The van der Waals surface area contributed by atoms with Gasteiger partial charge in [0, 0.05) is 49.4 Å². The maximum Gasteiger partial charge on any atom is 0.490 e. The summed E-state index contributed by atoms with van der Waals surface area (Å²) in [5, 5.41) is 14.9. The number of sulfonamides is 1. The number of benzene rings is 1. The SMILES string of the molecule is CC(C)c1nc(-c2cccc(NS(=O)(=O)c3cnn(C)c3)c2)c(-c2ccnc(NCCS(C)(=O)=O)n2)s1.O=C(O)C(F)(F)F. The Balaban J connectivity index is 0.000000676. The van der Waals surface area contributed by atoms with Crippen molar-refractivity contribution >= 4 is 48.8 Å². The van der Waals surface area contributed by atoms with Crippen LogP contribution in [0.25, 0.3) is 21.8 Å². The third kappa shape index (κ3) is 9.71. The first-order valence-corrected chi connectivity index (χ1v) is 16.9. The van der Waals surface area contributed by atoms with Crippen molar-refractivity contribution < 1.29 is 39.9 Å². The molecule has 0 aliphatic heterocycles. The number of rotatable bonds is 10. The van der Waals surface area contributed by atoms with Crippen LogP contribution in [0.5, 0.6) is 0 Å². The van der Waals surface area contributed by atoms with Gasteiger partial charge in [-0.1, -0.05) is 26.0 Å². The van der Waals surface area contributed by atoms with Crippen LogP contribution in [-0.2, 0) is 31.7 Å². The summed E-state index contributed by atoms with van der Waals surface area (Å²) in [6.45, 7) is 4.28. The van der Waals surface area contributed by atoms with Crippen LogP contribution in [-0.4, -0.2) is 77.4 Å². The molecule has 13 nitrogen and oxygen atoms in total. The lowest BCUT2D eigenvalue weighted by Crippen LogP contribution is -2.21. The van der Waals surface area contributed by atoms with Crippen LogP contribution in [0.2, 0.25) is 0 Å². The fourth-order valence-electron chi connectivity index (χ4n) is 3.35. The van der Waals surface area contributed by atoms with E-state index in [1.807, 2.05) is 19.9 Å². The molecule has 0 fully saturated rings. The lowest BCUT2D eigenvalue weighted by atomic mass is 10.1. The minimum Gasteiger partial charge on any atom is -0.475 e. The molecule has 0 aliphatic rings. The summed E-state index contributed by atoms with van der Waals surface area (Å²) in [6, 6.07) is 8.77. The van der Waals surface area contributed by atoms with Gasteiger partial charge in [0.1, 0.15) is 14.7 Å². The Bertz CT molecular complexity index is 1840. The van der Waals surface area contributed by atoms with Crippen molar-refractivity contribution in [2.24, 2.45) is 7.05 Å². The molecular formula is C25H28F3N7O6S3. The minimum atomic E-state index is -5.08. The van der Waals surface area contributed by atoms with Gasteiger partial charge in [0.25, 0.3) is 10.0 Å². The molecule has 238 valence electrons. The second kappa shape index (κ2) is 13.7. The first-order chi connectivity index (χ1) is 20.4. The lowest BCUT2D eigenvalue weighted by Gasteiger charge is -2.09. The van der Waals surface area contributed by atoms with Crippen LogP contribution in [0, 0.1) is 0 Å². The van der Waals surface area contributed by atoms with Crippen LogP contribution in [0.4, 0.5) is 24.8 Å². The van der Waals surface area contributed by atoms with Gasteiger partial charge in [0.15, 0.2) is 0 Å². The second-order valence-corrected chi connectivity index (χ2v) is 14.5. The highest BCUT2D eigenvalue weighted by molar-refractivity contribution is 7.92. The number of anilines is 2. The third-order valence-electron chi connectivity index (χ3n) is 5.40. The van der Waals surface area contributed by atoms with Gasteiger partial charge in [-0.2, -0.15) is 18.3 Å². The van der Waals surface area contributed by atoms with Crippen molar-refractivity contribution in [3.05, 3.63) is 53.9 Å². The smallest absolute Gasteiger partial charge is 0.475 e. The normalized spacial score (nSPS) is 12.0. The van der Waals surface area contributed by atoms with Crippen molar-refractivity contribution in [1.29, 1.82) is 0 Å². The molecule has 0 atom stereocenters. The average molecular weight is 676 g/mol. The second-order valence-electron chi connectivity index (χ2n) is 9.55. The summed E-state index contributed by atoms with van der Waals surface area (Å²) in [5.74, 6) is -2.32. The number of carboxylic acids is 1. The van der Waals surface area contributed by atoms with Crippen molar-refractivity contribution in [2.45, 2.75) is 30.8 Å². The number of carbonyl (C=O) groups is 1. The molecule has 0 bridgehead atoms. The molecular weight excluding hydrogens is 648 g/mol. The predicted octanol–water partition coefficient (Wildman–Crippen LogP) is 4.01. The lowest BCUT2D eigenvalue weighted by molar-refractivity contribution is -0.192. The van der Waals surface area contributed by atoms with E-state index in [9.17, 15) is 30.0 Å². The Labute approximate surface area is 255 Å². The highest BCUT2D eigenvalue weighted by Gasteiger charge is 2.38. The van der Waals surface area contributed by atoms with E-state index in [0.29, 0.717) is 23.0 Å². The largest absolute Gasteiger partial charge is 0.490 e. The van der Waals surface area contributed by atoms with Gasteiger partial charge in [-0.05, 0) is 18.2 Å². The molecule has 3 heterocycles. The van der Waals surface area contributed by atoms with Crippen LogP contribution in [0.15, 0.2) is 53.8 Å². The number of carboxylic acid groups (broad SMARTS) is 1. The molecule has 0 radical (unpaired) electrons. The highest BCUT2D eigenvalue weighted by atomic mass is 32.2. The zero-order valence-electron chi connectivity index (χ0n) is 23.7. The standard InChI is InChI=1S/C23H27N7O4S3.C2HF3O2/c1-15(2)22-28-20(21(35-22)19-8-9-24-23(27-19)25-10-11-36(4,31)32)16-6-5-7-17(12-16)29-37(33,34)18-13-26-30(3)14-18;3-2(4,5)1(6)7/h5-9,12-15,29H,10-11H2,1-4H3,(H,24,25,27);(H,6,7). The van der Waals surface area contributed by atoms with Crippen LogP contribution >= 0.6 is 11.3 Å². The molecule has 1 aromatic carbocycles. The number of aryl methyl sites for hydroxylation is 1. The van der Waals surface area contributed by atoms with Crippen LogP contribution in [0.1, 0.15) is 24.8 Å². The van der Waals surface area contributed by atoms with E-state index < -0.39 is 32.0 Å². The first kappa shape index (κ1) is 34.4. The molecule has 4 rings (SSSR count). The Morgan fingerprint density at radius 1 is 1.14 bits per heavy atom. The Kier molecular flexibility index (Phi) is 10.7. The summed E-state index contributed by atoms with van der Waals surface area (Å²) in [5.41, 5.74) is 2.39. The average Bonchev–Trinajstić information content (AvgIpc) is 3.56. The van der Waals surface area contributed by atoms with E-state index in [1.54, 1.807) is 37.5 Å². The third-order valence-corrected chi connectivity index (χ3v) is 9.06. The Morgan fingerprint density at radius 3 is 2.39 bits per heavy atom. The van der Waals surface area contributed by atoms with E-state index in [-0.39, 0.29) is 23.1 Å². The quantitative estimate of drug-likeness (QED) is 0.221. The number of nitrogens with zero attached hydrogens (tertiary/aromatic N) is 5. The summed E-state index contributed by atoms with van der Waals surface area (Å²) in [7, 11) is -5.28. The fraction of sp³-hybridized carbons (Fsp3) is 0.320. The van der Waals surface area contributed by atoms with Gasteiger partial charge >= 0.3 is 12.1 Å². The number of aliphatic carboxylic acids is 1. The fourth-order valence-corrected chi connectivity index (χ4v) is 5.92. The maximum atomic E-state index is 12.8. The molecule has 0 spiro atoms. The number of aromatic nitrogens is 5. The first-order valence-electron chi connectivity index (χ1n) is 12.5. The van der Waals surface area contributed by atoms with Gasteiger partial charge in [-0.25, -0.2) is 36.6 Å². The number of alkyl halides is 3. The van der Waals surface area contributed by atoms with E-state index >= 15 is 0 Å². The summed E-state index contributed by atoms with van der Waals surface area (Å²) in [6.07, 6.45) is 0.405. The topological polar surface area (TPSA) is 186 Å². The van der Waals surface area contributed by atoms with E-state index in [0.717, 1.165) is 15.4 Å². The van der Waals surface area contributed by atoms with Gasteiger partial charge in [-0.3, -0.25) is 9.40 Å². The Hall–Kier alpha value is -4.10. The van der Waals surface area contributed by atoms with E-state index in [1.165, 1.54) is 34.7 Å². The zero-order chi connectivity index (χ0) is 32.9. The van der Waals surface area contributed by atoms with Crippen molar-refractivity contribution in [3.63, 3.8) is 0 Å². The van der Waals surface area contributed by atoms with Gasteiger partial charge < -0.3 is 10.4 Å². The summed E-state index contributed by atoms with van der Waals surface area (Å²) in [4.78, 5) is 23.4. The molecule has 3 N–H and O–H groups in total. The Morgan fingerprint density at radius 2 is 1.82 bits per heavy atom. The number of nitrogens with one attached hydrogen (secondary N) is 2. The van der Waals surface area contributed by atoms with Gasteiger partial charge in [-0.15, -0.1) is 11.3 Å². The molecule has 0 unspecified atom stereocenters. The molecule has 3 aromatic heterocycles. The molecule has 0 aliphatic carbocycles. The van der Waals surface area contributed by atoms with Crippen molar-refractivity contribution in [3.8, 4) is 21.8 Å². The van der Waals surface area contributed by atoms with E-state index in [4.69, 9.17) is 14.9 Å². The van der Waals surface area contributed by atoms with Crippen LogP contribution < -0.4 is 10.0 Å². The number of hydrogen-bond acceptors (Lipinski definition) is 11. The summed E-state index contributed by atoms with van der Waals surface area (Å²) < 4.78 is 84.2. The monoisotopic (exact) mass is 675 g/mol. The predicted molar refractivity (Wildman–Crippen MR) is 159 cm³/mol. The van der Waals surface area contributed by atoms with Gasteiger partial charge in [0.05, 0.1) is 33.2 Å². The zero-order valence-corrected chi connectivity index (χ0v) is 26.1. The number of sulfone groups is 1. The number of halogens is 3. The molecule has 44 heavy (non-hydrogen) atoms. The number of thiazole rings is 1. The van der Waals surface area contributed by atoms with Crippen LogP contribution in [0.3, 0.4) is 0 Å². The van der Waals surface area contributed by atoms with Crippen molar-refractivity contribution in [2.75, 3.05) is 28.6 Å². The van der Waals surface area contributed by atoms with E-state index in [2.05, 4.69) is 25.1 Å². The maximum absolute atomic E-state index is 12.8. The molecule has 4 aromatic rings. The molecule has 0 saturated carbocycles. The minimum absolute atomic E-state index is 0.0361. The summed E-state index contributed by atoms with van der Waals surface area (Å²) >= 11 is 1.50. The molecule has 0 amide bonds. The van der Waals surface area contributed by atoms with Crippen molar-refractivity contribution in [1.82, 2.24) is 24.7 Å². The molecule has 19 heteroatoms. The molecule has 0 saturated heterocycles. The van der Waals surface area contributed by atoms with Gasteiger partial charge in [0.2, 0.25) is 5.95 Å². The highest BCUT2D eigenvalue weighted by Crippen LogP contribution is 2.39. The number of hydrogen-bond donors (Lipinski definition) is 3.